The minimum atomic E-state index is 0.234. The van der Waals surface area contributed by atoms with Crippen molar-refractivity contribution in [3.05, 3.63) is 47.5 Å². The Labute approximate surface area is 86.7 Å². The van der Waals surface area contributed by atoms with E-state index in [4.69, 9.17) is 0 Å². The lowest BCUT2D eigenvalue weighted by Crippen LogP contribution is -2.19. The molecule has 1 aliphatic rings. The number of hydrogen-bond acceptors (Lipinski definition) is 0. The Morgan fingerprint density at radius 2 is 1.79 bits per heavy atom. The van der Waals surface area contributed by atoms with Crippen molar-refractivity contribution in [1.29, 1.82) is 0 Å². The van der Waals surface area contributed by atoms with E-state index in [0.29, 0.717) is 0 Å². The summed E-state index contributed by atoms with van der Waals surface area (Å²) in [7, 11) is 0. The van der Waals surface area contributed by atoms with Gasteiger partial charge < -0.3 is 0 Å². The molecule has 1 aliphatic carbocycles. The third kappa shape index (κ3) is 1.61. The van der Waals surface area contributed by atoms with Gasteiger partial charge in [0.25, 0.3) is 0 Å². The van der Waals surface area contributed by atoms with Crippen molar-refractivity contribution in [3.8, 4) is 0 Å². The van der Waals surface area contributed by atoms with E-state index in [9.17, 15) is 0 Å². The van der Waals surface area contributed by atoms with Gasteiger partial charge >= 0.3 is 0 Å². The summed E-state index contributed by atoms with van der Waals surface area (Å²) < 4.78 is 0. The monoisotopic (exact) mass is 186 g/mol. The molecule has 2 rings (SSSR count). The van der Waals surface area contributed by atoms with E-state index in [2.05, 4.69) is 50.3 Å². The van der Waals surface area contributed by atoms with Gasteiger partial charge in [-0.3, -0.25) is 0 Å². The van der Waals surface area contributed by atoms with Crippen LogP contribution < -0.4 is 0 Å². The molecule has 0 nitrogen and oxygen atoms in total. The van der Waals surface area contributed by atoms with Crippen LogP contribution in [0.25, 0.3) is 0 Å². The van der Waals surface area contributed by atoms with Gasteiger partial charge in [-0.25, -0.2) is 0 Å². The molecule has 0 fully saturated rings. The summed E-state index contributed by atoms with van der Waals surface area (Å²) in [6, 6.07) is 10.8. The molecule has 74 valence electrons. The van der Waals surface area contributed by atoms with Gasteiger partial charge in [-0.15, -0.1) is 0 Å². The number of hydrogen-bond donors (Lipinski definition) is 0. The van der Waals surface area contributed by atoms with Gasteiger partial charge in [0.15, 0.2) is 0 Å². The molecular weight excluding hydrogens is 168 g/mol. The standard InChI is InChI=1S/C14H18/c1-14(2,13-10-6-7-11-13)12-8-4-3-5-9-12/h3-5,8-10H,6-7,11H2,1-2H3. The SMILES string of the molecule is CC(C)(C1=CCCC1)c1ccccc1. The Hall–Kier alpha value is -1.04. The fourth-order valence-electron chi connectivity index (χ4n) is 2.28. The largest absolute Gasteiger partial charge is 0.0844 e. The molecule has 0 N–H and O–H groups in total. The quantitative estimate of drug-likeness (QED) is 0.611. The summed E-state index contributed by atoms with van der Waals surface area (Å²) in [5.41, 5.74) is 3.29. The second-order valence-electron chi connectivity index (χ2n) is 4.61. The fraction of sp³-hybridized carbons (Fsp3) is 0.429. The maximum absolute atomic E-state index is 2.42. The van der Waals surface area contributed by atoms with Gasteiger partial charge in [-0.05, 0) is 24.8 Å². The highest BCUT2D eigenvalue weighted by Gasteiger charge is 2.26. The van der Waals surface area contributed by atoms with E-state index in [0.717, 1.165) is 0 Å². The molecule has 0 spiro atoms. The van der Waals surface area contributed by atoms with Crippen molar-refractivity contribution in [2.24, 2.45) is 0 Å². The second kappa shape index (κ2) is 3.61. The Morgan fingerprint density at radius 1 is 1.07 bits per heavy atom. The highest BCUT2D eigenvalue weighted by atomic mass is 14.3. The smallest absolute Gasteiger partial charge is 0.0105 e. The highest BCUT2D eigenvalue weighted by molar-refractivity contribution is 5.35. The third-order valence-electron chi connectivity index (χ3n) is 3.34. The fourth-order valence-corrected chi connectivity index (χ4v) is 2.28. The molecule has 0 amide bonds. The predicted molar refractivity (Wildman–Crippen MR) is 61.4 cm³/mol. The van der Waals surface area contributed by atoms with E-state index in [1.54, 1.807) is 5.57 Å². The van der Waals surface area contributed by atoms with E-state index in [1.807, 2.05) is 0 Å². The lowest BCUT2D eigenvalue weighted by molar-refractivity contribution is 0.601. The van der Waals surface area contributed by atoms with Crippen LogP contribution in [0.4, 0.5) is 0 Å². The molecule has 0 aliphatic heterocycles. The van der Waals surface area contributed by atoms with Crippen LogP contribution in [0.15, 0.2) is 42.0 Å². The lowest BCUT2D eigenvalue weighted by Gasteiger charge is -2.27. The molecule has 0 heterocycles. The van der Waals surface area contributed by atoms with E-state index in [-0.39, 0.29) is 5.41 Å². The minimum Gasteiger partial charge on any atom is -0.0844 e. The number of allylic oxidation sites excluding steroid dienone is 2. The van der Waals surface area contributed by atoms with Crippen molar-refractivity contribution in [2.75, 3.05) is 0 Å². The van der Waals surface area contributed by atoms with Gasteiger partial charge in [0.1, 0.15) is 0 Å². The zero-order valence-electron chi connectivity index (χ0n) is 9.09. The van der Waals surface area contributed by atoms with E-state index < -0.39 is 0 Å². The minimum absolute atomic E-state index is 0.234. The molecule has 0 aromatic heterocycles. The van der Waals surface area contributed by atoms with Crippen LogP contribution in [0.5, 0.6) is 0 Å². The summed E-state index contributed by atoms with van der Waals surface area (Å²) >= 11 is 0. The van der Waals surface area contributed by atoms with Crippen LogP contribution in [-0.4, -0.2) is 0 Å². The molecule has 0 saturated heterocycles. The van der Waals surface area contributed by atoms with Crippen molar-refractivity contribution in [1.82, 2.24) is 0 Å². The molecule has 0 radical (unpaired) electrons. The maximum Gasteiger partial charge on any atom is 0.0105 e. The average Bonchev–Trinajstić information content (AvgIpc) is 2.72. The first-order valence-corrected chi connectivity index (χ1v) is 5.46. The Kier molecular flexibility index (Phi) is 2.45. The molecule has 0 saturated carbocycles. The molecule has 1 aromatic carbocycles. The molecule has 0 heteroatoms. The van der Waals surface area contributed by atoms with Crippen molar-refractivity contribution < 1.29 is 0 Å². The van der Waals surface area contributed by atoms with Crippen LogP contribution in [0.1, 0.15) is 38.7 Å². The number of benzene rings is 1. The van der Waals surface area contributed by atoms with Gasteiger partial charge in [-0.1, -0.05) is 55.8 Å². The van der Waals surface area contributed by atoms with E-state index in [1.165, 1.54) is 24.8 Å². The molecule has 14 heavy (non-hydrogen) atoms. The second-order valence-corrected chi connectivity index (χ2v) is 4.61. The zero-order valence-corrected chi connectivity index (χ0v) is 9.09. The summed E-state index contributed by atoms with van der Waals surface area (Å²) in [6.07, 6.45) is 6.31. The first-order chi connectivity index (χ1) is 6.71. The maximum atomic E-state index is 2.42. The van der Waals surface area contributed by atoms with Crippen molar-refractivity contribution in [2.45, 2.75) is 38.5 Å². The predicted octanol–water partition coefficient (Wildman–Crippen LogP) is 4.07. The lowest BCUT2D eigenvalue weighted by atomic mass is 9.77. The first kappa shape index (κ1) is 9.51. The Balaban J connectivity index is 2.32. The van der Waals surface area contributed by atoms with Crippen LogP contribution >= 0.6 is 0 Å². The van der Waals surface area contributed by atoms with E-state index >= 15 is 0 Å². The van der Waals surface area contributed by atoms with Gasteiger partial charge in [-0.2, -0.15) is 0 Å². The summed E-state index contributed by atoms with van der Waals surface area (Å²) in [6.45, 7) is 4.67. The van der Waals surface area contributed by atoms with Crippen LogP contribution in [-0.2, 0) is 5.41 Å². The summed E-state index contributed by atoms with van der Waals surface area (Å²) in [5.74, 6) is 0. The van der Waals surface area contributed by atoms with Crippen molar-refractivity contribution >= 4 is 0 Å². The van der Waals surface area contributed by atoms with Crippen LogP contribution in [0, 0.1) is 0 Å². The molecule has 0 atom stereocenters. The topological polar surface area (TPSA) is 0 Å². The molecule has 0 bridgehead atoms. The Morgan fingerprint density at radius 3 is 2.36 bits per heavy atom. The van der Waals surface area contributed by atoms with Crippen LogP contribution in [0.3, 0.4) is 0 Å². The average molecular weight is 186 g/mol. The molecule has 0 unspecified atom stereocenters. The first-order valence-electron chi connectivity index (χ1n) is 5.46. The number of rotatable bonds is 2. The Bertz CT molecular complexity index is 330. The van der Waals surface area contributed by atoms with Crippen molar-refractivity contribution in [3.63, 3.8) is 0 Å². The van der Waals surface area contributed by atoms with Gasteiger partial charge in [0.2, 0.25) is 0 Å². The molecular formula is C14H18. The molecule has 1 aromatic rings. The summed E-state index contributed by atoms with van der Waals surface area (Å²) in [4.78, 5) is 0. The van der Waals surface area contributed by atoms with Gasteiger partial charge in [0, 0.05) is 5.41 Å². The normalized spacial score (nSPS) is 16.9. The van der Waals surface area contributed by atoms with Gasteiger partial charge in [0.05, 0.1) is 0 Å². The summed E-state index contributed by atoms with van der Waals surface area (Å²) in [5, 5.41) is 0. The highest BCUT2D eigenvalue weighted by Crippen LogP contribution is 2.37. The van der Waals surface area contributed by atoms with Crippen LogP contribution in [0.2, 0.25) is 0 Å². The zero-order chi connectivity index (χ0) is 10.0. The third-order valence-corrected chi connectivity index (χ3v) is 3.34.